The zero-order valence-corrected chi connectivity index (χ0v) is 21.6. The Morgan fingerprint density at radius 2 is 1.81 bits per heavy atom. The number of thioether (sulfide) groups is 2. The topological polar surface area (TPSA) is 58.0 Å². The number of amides is 1. The van der Waals surface area contributed by atoms with Gasteiger partial charge in [-0.05, 0) is 67.2 Å². The summed E-state index contributed by atoms with van der Waals surface area (Å²) < 4.78 is 5.41. The summed E-state index contributed by atoms with van der Waals surface area (Å²) in [6, 6.07) is 23.7. The molecule has 8 heteroatoms. The van der Waals surface area contributed by atoms with Crippen LogP contribution in [0.15, 0.2) is 98.8 Å². The fourth-order valence-electron chi connectivity index (χ4n) is 4.19. The highest BCUT2D eigenvalue weighted by atomic mass is 32.2. The number of aryl methyl sites for hydroxylation is 1. The molecule has 0 saturated carbocycles. The van der Waals surface area contributed by atoms with Crippen molar-refractivity contribution < 1.29 is 9.53 Å². The Morgan fingerprint density at radius 3 is 2.61 bits per heavy atom. The van der Waals surface area contributed by atoms with Crippen molar-refractivity contribution in [3.05, 3.63) is 94.5 Å². The van der Waals surface area contributed by atoms with Crippen molar-refractivity contribution in [1.82, 2.24) is 4.98 Å². The molecule has 1 fully saturated rings. The molecule has 0 bridgehead atoms. The van der Waals surface area contributed by atoms with E-state index in [1.807, 2.05) is 86.8 Å². The van der Waals surface area contributed by atoms with E-state index < -0.39 is 0 Å². The van der Waals surface area contributed by atoms with Crippen molar-refractivity contribution in [3.8, 4) is 5.75 Å². The lowest BCUT2D eigenvalue weighted by Gasteiger charge is -2.17. The molecule has 0 radical (unpaired) electrons. The maximum Gasteiger partial charge on any atom is 0.274 e. The van der Waals surface area contributed by atoms with Gasteiger partial charge in [0.1, 0.15) is 10.7 Å². The molecule has 6 rings (SSSR count). The number of aliphatic imine (C=N–C) groups is 1. The number of fused-ring (bicyclic) bond motifs is 2. The molecule has 0 N–H and O–H groups in total. The normalized spacial score (nSPS) is 18.4. The van der Waals surface area contributed by atoms with Crippen molar-refractivity contribution >= 4 is 62.6 Å². The first kappa shape index (κ1) is 22.7. The maximum atomic E-state index is 13.9. The largest absolute Gasteiger partial charge is 0.497 e. The van der Waals surface area contributed by atoms with E-state index in [9.17, 15) is 4.79 Å². The van der Waals surface area contributed by atoms with Gasteiger partial charge >= 0.3 is 0 Å². The van der Waals surface area contributed by atoms with Crippen LogP contribution in [0, 0.1) is 6.92 Å². The Bertz CT molecular complexity index is 1580. The Labute approximate surface area is 217 Å². The van der Waals surface area contributed by atoms with Crippen LogP contribution >= 0.6 is 23.5 Å². The second-order valence-corrected chi connectivity index (χ2v) is 10.5. The maximum absolute atomic E-state index is 13.9. The van der Waals surface area contributed by atoms with Crippen LogP contribution in [0.25, 0.3) is 10.9 Å². The number of hydrogen-bond donors (Lipinski definition) is 0. The number of ether oxygens (including phenoxy) is 1. The molecular formula is C28H22N4O2S2. The third kappa shape index (κ3) is 3.92. The average Bonchev–Trinajstić information content (AvgIpc) is 3.40. The first-order valence-electron chi connectivity index (χ1n) is 11.4. The smallest absolute Gasteiger partial charge is 0.274 e. The highest BCUT2D eigenvalue weighted by Gasteiger charge is 2.40. The molecule has 178 valence electrons. The van der Waals surface area contributed by atoms with Crippen LogP contribution in [0.5, 0.6) is 5.75 Å². The van der Waals surface area contributed by atoms with E-state index in [1.54, 1.807) is 30.0 Å². The first-order chi connectivity index (χ1) is 17.5. The molecule has 1 aromatic heterocycles. The number of aromatic nitrogens is 1. The second-order valence-electron chi connectivity index (χ2n) is 8.48. The van der Waals surface area contributed by atoms with Crippen LogP contribution in [0.2, 0.25) is 0 Å². The van der Waals surface area contributed by atoms with E-state index in [0.29, 0.717) is 10.1 Å². The number of carbonyl (C=O) groups is 1. The van der Waals surface area contributed by atoms with E-state index in [1.165, 1.54) is 11.8 Å². The summed E-state index contributed by atoms with van der Waals surface area (Å²) in [5, 5.41) is 2.51. The minimum absolute atomic E-state index is 0.0841. The van der Waals surface area contributed by atoms with E-state index in [0.717, 1.165) is 49.2 Å². The molecular weight excluding hydrogens is 488 g/mol. The predicted octanol–water partition coefficient (Wildman–Crippen LogP) is 6.73. The quantitative estimate of drug-likeness (QED) is 0.285. The van der Waals surface area contributed by atoms with Crippen molar-refractivity contribution in [2.24, 2.45) is 4.99 Å². The van der Waals surface area contributed by atoms with Crippen LogP contribution in [0.1, 0.15) is 5.56 Å². The van der Waals surface area contributed by atoms with Crippen molar-refractivity contribution in [2.75, 3.05) is 24.0 Å². The van der Waals surface area contributed by atoms with Crippen LogP contribution in [-0.4, -0.2) is 30.2 Å². The number of methoxy groups -OCH3 is 1. The molecule has 3 heterocycles. The molecule has 1 saturated heterocycles. The van der Waals surface area contributed by atoms with Gasteiger partial charge in [-0.3, -0.25) is 14.7 Å². The third-order valence-corrected chi connectivity index (χ3v) is 8.51. The van der Waals surface area contributed by atoms with E-state index in [4.69, 9.17) is 9.73 Å². The number of nitrogens with zero attached hydrogens (tertiary/aromatic N) is 4. The van der Waals surface area contributed by atoms with E-state index in [-0.39, 0.29) is 5.91 Å². The molecule has 3 aromatic carbocycles. The molecule has 4 aromatic rings. The molecule has 2 aliphatic heterocycles. The molecule has 1 amide bonds. The number of anilines is 2. The highest BCUT2D eigenvalue weighted by Crippen LogP contribution is 2.51. The minimum atomic E-state index is -0.0841. The summed E-state index contributed by atoms with van der Waals surface area (Å²) in [5.74, 6) is 0.700. The van der Waals surface area contributed by atoms with Gasteiger partial charge < -0.3 is 9.64 Å². The number of amidine groups is 1. The lowest BCUT2D eigenvalue weighted by Crippen LogP contribution is -2.29. The number of hydrogen-bond acceptors (Lipinski definition) is 7. The van der Waals surface area contributed by atoms with Crippen molar-refractivity contribution in [1.29, 1.82) is 0 Å². The molecule has 0 atom stereocenters. The molecule has 2 aliphatic rings. The van der Waals surface area contributed by atoms with Crippen molar-refractivity contribution in [3.63, 3.8) is 0 Å². The van der Waals surface area contributed by atoms with Crippen LogP contribution < -0.4 is 14.5 Å². The van der Waals surface area contributed by atoms with Gasteiger partial charge in [0.2, 0.25) is 0 Å². The lowest BCUT2D eigenvalue weighted by atomic mass is 10.2. The number of benzene rings is 3. The molecule has 0 aliphatic carbocycles. The number of pyridine rings is 1. The van der Waals surface area contributed by atoms with Gasteiger partial charge in [0.05, 0.1) is 34.7 Å². The zero-order chi connectivity index (χ0) is 24.8. The first-order valence-corrected chi connectivity index (χ1v) is 13.0. The molecule has 36 heavy (non-hydrogen) atoms. The summed E-state index contributed by atoms with van der Waals surface area (Å²) in [6.07, 6.45) is 1.78. The highest BCUT2D eigenvalue weighted by molar-refractivity contribution is 8.20. The van der Waals surface area contributed by atoms with Crippen LogP contribution in [-0.2, 0) is 4.79 Å². The summed E-state index contributed by atoms with van der Waals surface area (Å²) in [6.45, 7) is 2.03. The Morgan fingerprint density at radius 1 is 0.972 bits per heavy atom. The van der Waals surface area contributed by atoms with E-state index in [2.05, 4.69) is 9.88 Å². The Kier molecular flexibility index (Phi) is 5.70. The standard InChI is InChI=1S/C28H22N4O2S2/c1-17-6-9-20(10-7-17)32-26(33)25(27-31(2)23-16-21(34-3)11-13-24(23)35-27)36-28(32)30-19-8-12-22-18(15-19)5-4-14-29-22/h4-16H,1-3H3/b27-25-,30-28?. The number of carbonyl (C=O) groups excluding carboxylic acids is 1. The Hall–Kier alpha value is -3.75. The Balaban J connectivity index is 1.45. The fourth-order valence-corrected chi connectivity index (χ4v) is 6.52. The number of rotatable bonds is 3. The van der Waals surface area contributed by atoms with Gasteiger partial charge in [0.25, 0.3) is 5.91 Å². The van der Waals surface area contributed by atoms with Gasteiger partial charge in [-0.15, -0.1) is 0 Å². The van der Waals surface area contributed by atoms with Crippen LogP contribution in [0.4, 0.5) is 17.1 Å². The zero-order valence-electron chi connectivity index (χ0n) is 19.9. The minimum Gasteiger partial charge on any atom is -0.497 e. The lowest BCUT2D eigenvalue weighted by molar-refractivity contribution is -0.113. The van der Waals surface area contributed by atoms with Gasteiger partial charge in [0, 0.05) is 29.6 Å². The molecule has 0 unspecified atom stereocenters. The summed E-state index contributed by atoms with van der Waals surface area (Å²) in [4.78, 5) is 28.7. The monoisotopic (exact) mass is 510 g/mol. The third-order valence-electron chi connectivity index (χ3n) is 6.12. The summed E-state index contributed by atoms with van der Waals surface area (Å²) >= 11 is 3.00. The SMILES string of the molecule is COc1ccc2c(c1)N(C)/C(=C1/SC(=Nc3ccc4ncccc4c3)N(c3ccc(C)cc3)C1=O)S2. The van der Waals surface area contributed by atoms with Gasteiger partial charge in [-0.1, -0.05) is 35.5 Å². The van der Waals surface area contributed by atoms with Gasteiger partial charge in [-0.2, -0.15) is 0 Å². The van der Waals surface area contributed by atoms with Crippen molar-refractivity contribution in [2.45, 2.75) is 11.8 Å². The second kappa shape index (κ2) is 9.04. The molecule has 6 nitrogen and oxygen atoms in total. The predicted molar refractivity (Wildman–Crippen MR) is 149 cm³/mol. The summed E-state index contributed by atoms with van der Waals surface area (Å²) in [7, 11) is 3.64. The summed E-state index contributed by atoms with van der Waals surface area (Å²) in [5.41, 5.74) is 4.62. The van der Waals surface area contributed by atoms with Crippen LogP contribution in [0.3, 0.4) is 0 Å². The average molecular weight is 511 g/mol. The van der Waals surface area contributed by atoms with Gasteiger partial charge in [0.15, 0.2) is 5.17 Å². The van der Waals surface area contributed by atoms with E-state index >= 15 is 0 Å². The van der Waals surface area contributed by atoms with Gasteiger partial charge in [-0.25, -0.2) is 4.99 Å². The fraction of sp³-hybridized carbons (Fsp3) is 0.107. The molecule has 0 spiro atoms.